The molecule has 2 amide bonds. The summed E-state index contributed by atoms with van der Waals surface area (Å²) in [6.07, 6.45) is -0.445. The van der Waals surface area contributed by atoms with Crippen LogP contribution in [0, 0.1) is 0 Å². The van der Waals surface area contributed by atoms with Crippen LogP contribution < -0.4 is 16.4 Å². The molecule has 1 atom stereocenters. The lowest BCUT2D eigenvalue weighted by molar-refractivity contribution is -0.146. The third kappa shape index (κ3) is 4.30. The first kappa shape index (κ1) is 14.4. The van der Waals surface area contributed by atoms with E-state index < -0.39 is 30.2 Å². The van der Waals surface area contributed by atoms with Crippen molar-refractivity contribution in [2.24, 2.45) is 5.73 Å². The molecular weight excluding hydrogens is 242 g/mol. The molecule has 1 saturated heterocycles. The highest BCUT2D eigenvalue weighted by Crippen LogP contribution is 2.14. The number of rotatable bonds is 7. The predicted octanol–water partition coefficient (Wildman–Crippen LogP) is -2.19. The van der Waals surface area contributed by atoms with Crippen molar-refractivity contribution in [2.75, 3.05) is 19.7 Å². The number of carbonyl (C=O) groups is 3. The summed E-state index contributed by atoms with van der Waals surface area (Å²) in [4.78, 5) is 32.9. The van der Waals surface area contributed by atoms with Gasteiger partial charge >= 0.3 is 5.97 Å². The molecule has 1 rings (SSSR count). The van der Waals surface area contributed by atoms with Gasteiger partial charge in [-0.25, -0.2) is 4.79 Å². The summed E-state index contributed by atoms with van der Waals surface area (Å²) >= 11 is 0. The molecule has 102 valence electrons. The van der Waals surface area contributed by atoms with Crippen LogP contribution in [0.2, 0.25) is 0 Å². The summed E-state index contributed by atoms with van der Waals surface area (Å²) in [5.41, 5.74) is 4.50. The van der Waals surface area contributed by atoms with Crippen molar-refractivity contribution >= 4 is 17.8 Å². The number of nitrogens with one attached hydrogen (secondary N) is 2. The summed E-state index contributed by atoms with van der Waals surface area (Å²) in [5.74, 6) is -2.69. The van der Waals surface area contributed by atoms with Gasteiger partial charge in [0.15, 0.2) is 0 Å². The zero-order chi connectivity index (χ0) is 13.8. The Kier molecular flexibility index (Phi) is 4.62. The molecule has 1 fully saturated rings. The van der Waals surface area contributed by atoms with Crippen LogP contribution >= 0.6 is 0 Å². The van der Waals surface area contributed by atoms with Crippen molar-refractivity contribution in [3.8, 4) is 0 Å². The maximum atomic E-state index is 11.5. The van der Waals surface area contributed by atoms with Gasteiger partial charge in [0, 0.05) is 13.1 Å². The normalized spacial score (nSPS) is 18.5. The molecule has 0 aromatic carbocycles. The van der Waals surface area contributed by atoms with E-state index in [4.69, 9.17) is 15.6 Å². The van der Waals surface area contributed by atoms with Crippen LogP contribution in [0.15, 0.2) is 0 Å². The van der Waals surface area contributed by atoms with Gasteiger partial charge in [0.2, 0.25) is 11.8 Å². The van der Waals surface area contributed by atoms with E-state index in [0.29, 0.717) is 13.1 Å². The van der Waals surface area contributed by atoms with Gasteiger partial charge in [0.1, 0.15) is 12.6 Å². The quantitative estimate of drug-likeness (QED) is 0.411. The fourth-order valence-corrected chi connectivity index (χ4v) is 1.46. The minimum Gasteiger partial charge on any atom is -0.480 e. The number of nitrogens with two attached hydrogens (primary N) is 1. The van der Waals surface area contributed by atoms with E-state index in [9.17, 15) is 14.4 Å². The van der Waals surface area contributed by atoms with Crippen LogP contribution in [0.5, 0.6) is 0 Å². The molecule has 0 aliphatic carbocycles. The van der Waals surface area contributed by atoms with E-state index in [2.05, 4.69) is 10.6 Å². The van der Waals surface area contributed by atoms with E-state index in [1.54, 1.807) is 0 Å². The number of carboxylic acids is 1. The minimum absolute atomic E-state index is 0.249. The molecular formula is C10H17N3O5. The highest BCUT2D eigenvalue weighted by molar-refractivity contribution is 5.88. The molecule has 0 aromatic rings. The number of primary amides is 1. The molecule has 0 bridgehead atoms. The van der Waals surface area contributed by atoms with Gasteiger partial charge in [0.25, 0.3) is 0 Å². The van der Waals surface area contributed by atoms with E-state index in [-0.39, 0.29) is 12.2 Å². The average molecular weight is 259 g/mol. The van der Waals surface area contributed by atoms with Crippen molar-refractivity contribution in [3.63, 3.8) is 0 Å². The van der Waals surface area contributed by atoms with Crippen molar-refractivity contribution < 1.29 is 24.2 Å². The second-order valence-electron chi connectivity index (χ2n) is 4.47. The molecule has 8 heteroatoms. The molecule has 1 aliphatic heterocycles. The van der Waals surface area contributed by atoms with Gasteiger partial charge in [-0.05, 0) is 6.92 Å². The van der Waals surface area contributed by atoms with Crippen LogP contribution in [0.4, 0.5) is 0 Å². The van der Waals surface area contributed by atoms with Gasteiger partial charge in [-0.1, -0.05) is 0 Å². The van der Waals surface area contributed by atoms with Gasteiger partial charge < -0.3 is 26.2 Å². The van der Waals surface area contributed by atoms with E-state index in [1.165, 1.54) is 0 Å². The molecule has 8 nitrogen and oxygen atoms in total. The van der Waals surface area contributed by atoms with Crippen molar-refractivity contribution in [3.05, 3.63) is 0 Å². The molecule has 1 heterocycles. The van der Waals surface area contributed by atoms with Crippen LogP contribution in [0.25, 0.3) is 0 Å². The minimum atomic E-state index is -1.31. The molecule has 18 heavy (non-hydrogen) atoms. The third-order valence-electron chi connectivity index (χ3n) is 2.59. The monoisotopic (exact) mass is 259 g/mol. The van der Waals surface area contributed by atoms with Gasteiger partial charge in [-0.3, -0.25) is 9.59 Å². The first-order valence-corrected chi connectivity index (χ1v) is 5.47. The van der Waals surface area contributed by atoms with Crippen molar-refractivity contribution in [1.82, 2.24) is 10.6 Å². The topological polar surface area (TPSA) is 131 Å². The highest BCUT2D eigenvalue weighted by Gasteiger charge is 2.33. The van der Waals surface area contributed by atoms with E-state index in [1.807, 2.05) is 6.92 Å². The average Bonchev–Trinajstić information content (AvgIpc) is 2.22. The van der Waals surface area contributed by atoms with Crippen LogP contribution in [-0.2, 0) is 19.1 Å². The summed E-state index contributed by atoms with van der Waals surface area (Å²) in [5, 5.41) is 14.0. The Bertz CT molecular complexity index is 353. The number of hydrogen-bond acceptors (Lipinski definition) is 5. The maximum absolute atomic E-state index is 11.5. The van der Waals surface area contributed by atoms with Gasteiger partial charge in [-0.15, -0.1) is 0 Å². The molecule has 1 unspecified atom stereocenters. The summed E-state index contributed by atoms with van der Waals surface area (Å²) in [7, 11) is 0. The zero-order valence-electron chi connectivity index (χ0n) is 10.1. The second kappa shape index (κ2) is 5.78. The highest BCUT2D eigenvalue weighted by atomic mass is 16.5. The van der Waals surface area contributed by atoms with Gasteiger partial charge in [-0.2, -0.15) is 0 Å². The largest absolute Gasteiger partial charge is 0.480 e. The lowest BCUT2D eigenvalue weighted by atomic mass is 10.0. The standard InChI is InChI=1S/C10H17N3O5/c1-10(4-12-5-10)18-3-8(15)13-6(9(16)17)2-7(11)14/h6,12H,2-5H2,1H3,(H2,11,14)(H,13,15)(H,16,17). The van der Waals surface area contributed by atoms with Gasteiger partial charge in [0.05, 0.1) is 12.0 Å². The SMILES string of the molecule is CC1(OCC(=O)NC(CC(N)=O)C(=O)O)CNC1. The number of aliphatic carboxylic acids is 1. The van der Waals surface area contributed by atoms with Crippen molar-refractivity contribution in [2.45, 2.75) is 25.0 Å². The fraction of sp³-hybridized carbons (Fsp3) is 0.700. The lowest BCUT2D eigenvalue weighted by Gasteiger charge is -2.38. The van der Waals surface area contributed by atoms with Crippen molar-refractivity contribution in [1.29, 1.82) is 0 Å². The third-order valence-corrected chi connectivity index (χ3v) is 2.59. The Morgan fingerprint density at radius 1 is 1.50 bits per heavy atom. The first-order valence-electron chi connectivity index (χ1n) is 5.47. The molecule has 0 radical (unpaired) electrons. The smallest absolute Gasteiger partial charge is 0.326 e. The van der Waals surface area contributed by atoms with E-state index in [0.717, 1.165) is 0 Å². The molecule has 0 aromatic heterocycles. The summed E-state index contributed by atoms with van der Waals surface area (Å²) in [6, 6.07) is -1.31. The summed E-state index contributed by atoms with van der Waals surface area (Å²) < 4.78 is 5.33. The van der Waals surface area contributed by atoms with Crippen LogP contribution in [0.1, 0.15) is 13.3 Å². The molecule has 0 saturated carbocycles. The number of amides is 2. The molecule has 1 aliphatic rings. The predicted molar refractivity (Wildman–Crippen MR) is 60.6 cm³/mol. The lowest BCUT2D eigenvalue weighted by Crippen LogP contribution is -2.60. The second-order valence-corrected chi connectivity index (χ2v) is 4.47. The number of carboxylic acid groups (broad SMARTS) is 1. The fourth-order valence-electron chi connectivity index (χ4n) is 1.46. The zero-order valence-corrected chi connectivity index (χ0v) is 10.1. The Labute approximate surface area is 104 Å². The summed E-state index contributed by atoms with van der Waals surface area (Å²) in [6.45, 7) is 2.88. The maximum Gasteiger partial charge on any atom is 0.326 e. The van der Waals surface area contributed by atoms with E-state index >= 15 is 0 Å². The molecule has 0 spiro atoms. The number of hydrogen-bond donors (Lipinski definition) is 4. The molecule has 5 N–H and O–H groups in total. The first-order chi connectivity index (χ1) is 8.32. The van der Waals surface area contributed by atoms with Crippen LogP contribution in [0.3, 0.4) is 0 Å². The Morgan fingerprint density at radius 2 is 2.11 bits per heavy atom. The Morgan fingerprint density at radius 3 is 2.50 bits per heavy atom. The number of carbonyl (C=O) groups excluding carboxylic acids is 2. The Balaban J connectivity index is 2.36. The van der Waals surface area contributed by atoms with Crippen LogP contribution in [-0.4, -0.2) is 54.2 Å². The Hall–Kier alpha value is -1.67. The number of ether oxygens (including phenoxy) is 1.